The molecule has 0 atom stereocenters. The first-order chi connectivity index (χ1) is 9.52. The molecule has 2 N–H and O–H groups in total. The van der Waals surface area contributed by atoms with Crippen LogP contribution in [-0.4, -0.2) is 52.4 Å². The Bertz CT molecular complexity index is 501. The van der Waals surface area contributed by atoms with Crippen molar-refractivity contribution in [2.45, 2.75) is 26.8 Å². The van der Waals surface area contributed by atoms with Crippen LogP contribution in [-0.2, 0) is 11.3 Å². The molecule has 1 aliphatic rings. The van der Waals surface area contributed by atoms with Gasteiger partial charge < -0.3 is 20.1 Å². The van der Waals surface area contributed by atoms with Gasteiger partial charge in [0.05, 0.1) is 5.69 Å². The maximum absolute atomic E-state index is 12.5. The number of carbonyl (C=O) groups is 2. The predicted octanol–water partition coefficient (Wildman–Crippen LogP) is 0.785. The Kier molecular flexibility index (Phi) is 4.32. The number of aromatic nitrogens is 1. The van der Waals surface area contributed by atoms with Crippen molar-refractivity contribution >= 4 is 17.5 Å². The van der Waals surface area contributed by atoms with Crippen LogP contribution in [0.15, 0.2) is 12.3 Å². The summed E-state index contributed by atoms with van der Waals surface area (Å²) >= 11 is 0. The van der Waals surface area contributed by atoms with E-state index < -0.39 is 0 Å². The molecule has 1 fully saturated rings. The summed E-state index contributed by atoms with van der Waals surface area (Å²) in [6, 6.07) is 1.73. The fourth-order valence-electron chi connectivity index (χ4n) is 2.52. The molecule has 110 valence electrons. The third-order valence-corrected chi connectivity index (χ3v) is 3.61. The predicted molar refractivity (Wildman–Crippen MR) is 77.3 cm³/mol. The number of rotatable bonds is 3. The van der Waals surface area contributed by atoms with E-state index in [0.29, 0.717) is 37.6 Å². The Labute approximate surface area is 119 Å². The summed E-state index contributed by atoms with van der Waals surface area (Å²) in [7, 11) is 0. The van der Waals surface area contributed by atoms with Gasteiger partial charge in [0.15, 0.2) is 0 Å². The van der Waals surface area contributed by atoms with Crippen LogP contribution in [0.4, 0.5) is 5.69 Å². The van der Waals surface area contributed by atoms with E-state index in [4.69, 9.17) is 5.73 Å². The van der Waals surface area contributed by atoms with Crippen molar-refractivity contribution < 1.29 is 9.59 Å². The summed E-state index contributed by atoms with van der Waals surface area (Å²) in [5.41, 5.74) is 7.05. The van der Waals surface area contributed by atoms with Crippen molar-refractivity contribution in [1.82, 2.24) is 14.4 Å². The molecule has 0 aliphatic carbocycles. The topological polar surface area (TPSA) is 71.6 Å². The molecule has 0 unspecified atom stereocenters. The van der Waals surface area contributed by atoms with Crippen molar-refractivity contribution in [3.63, 3.8) is 0 Å². The van der Waals surface area contributed by atoms with Crippen LogP contribution in [0.2, 0.25) is 0 Å². The molecule has 6 heteroatoms. The summed E-state index contributed by atoms with van der Waals surface area (Å²) in [5.74, 6) is 0.0639. The second kappa shape index (κ2) is 5.98. The number of anilines is 1. The van der Waals surface area contributed by atoms with E-state index in [9.17, 15) is 9.59 Å². The van der Waals surface area contributed by atoms with Crippen LogP contribution in [0.1, 0.15) is 30.8 Å². The van der Waals surface area contributed by atoms with Crippen LogP contribution in [0.5, 0.6) is 0 Å². The minimum atomic E-state index is -0.00153. The normalized spacial score (nSPS) is 15.5. The number of hydrogen-bond acceptors (Lipinski definition) is 3. The molecule has 2 heterocycles. The molecule has 0 radical (unpaired) electrons. The monoisotopic (exact) mass is 278 g/mol. The Hall–Kier alpha value is -1.98. The maximum Gasteiger partial charge on any atom is 0.270 e. The van der Waals surface area contributed by atoms with Crippen LogP contribution in [0.3, 0.4) is 0 Å². The Balaban J connectivity index is 2.07. The molecule has 6 nitrogen and oxygen atoms in total. The molecular formula is C14H22N4O2. The van der Waals surface area contributed by atoms with Crippen molar-refractivity contribution in [3.05, 3.63) is 18.0 Å². The third-order valence-electron chi connectivity index (χ3n) is 3.61. The lowest BCUT2D eigenvalue weighted by Gasteiger charge is -2.34. The van der Waals surface area contributed by atoms with Crippen molar-refractivity contribution in [1.29, 1.82) is 0 Å². The molecule has 0 saturated carbocycles. The van der Waals surface area contributed by atoms with Crippen molar-refractivity contribution in [2.75, 3.05) is 31.9 Å². The lowest BCUT2D eigenvalue weighted by molar-refractivity contribution is -0.130. The second-order valence-corrected chi connectivity index (χ2v) is 5.15. The van der Waals surface area contributed by atoms with E-state index in [1.807, 2.05) is 10.8 Å². The lowest BCUT2D eigenvalue weighted by atomic mass is 10.2. The highest BCUT2D eigenvalue weighted by Gasteiger charge is 2.25. The quantitative estimate of drug-likeness (QED) is 0.888. The lowest BCUT2D eigenvalue weighted by Crippen LogP contribution is -2.50. The number of nitrogen functional groups attached to an aromatic ring is 1. The number of piperazine rings is 1. The number of aryl methyl sites for hydroxylation is 1. The van der Waals surface area contributed by atoms with Gasteiger partial charge in [-0.3, -0.25) is 9.59 Å². The summed E-state index contributed by atoms with van der Waals surface area (Å²) in [6.07, 6.45) is 2.76. The molecule has 0 aromatic carbocycles. The van der Waals surface area contributed by atoms with Crippen LogP contribution >= 0.6 is 0 Å². The Morgan fingerprint density at radius 3 is 2.35 bits per heavy atom. The van der Waals surface area contributed by atoms with E-state index in [1.165, 1.54) is 0 Å². The third kappa shape index (κ3) is 2.95. The molecule has 1 aliphatic heterocycles. The molecular weight excluding hydrogens is 256 g/mol. The van der Waals surface area contributed by atoms with Crippen LogP contribution in [0, 0.1) is 0 Å². The van der Waals surface area contributed by atoms with Gasteiger partial charge in [-0.2, -0.15) is 0 Å². The first-order valence-corrected chi connectivity index (χ1v) is 7.03. The standard InChI is InChI=1S/C14H22N4O2/c1-3-4-18-10-12(15)9-13(18)14(20)17-7-5-16(6-8-17)11(2)19/h9-10H,3-8,15H2,1-2H3. The fourth-order valence-corrected chi connectivity index (χ4v) is 2.52. The summed E-state index contributed by atoms with van der Waals surface area (Å²) in [6.45, 7) is 6.77. The summed E-state index contributed by atoms with van der Waals surface area (Å²) in [5, 5.41) is 0. The van der Waals surface area contributed by atoms with Gasteiger partial charge >= 0.3 is 0 Å². The molecule has 1 aromatic heterocycles. The van der Waals surface area contributed by atoms with Gasteiger partial charge in [0, 0.05) is 45.8 Å². The van der Waals surface area contributed by atoms with Gasteiger partial charge in [-0.15, -0.1) is 0 Å². The maximum atomic E-state index is 12.5. The number of nitrogens with zero attached hydrogens (tertiary/aromatic N) is 3. The second-order valence-electron chi connectivity index (χ2n) is 5.15. The van der Waals surface area contributed by atoms with Gasteiger partial charge in [-0.25, -0.2) is 0 Å². The molecule has 2 rings (SSSR count). The van der Waals surface area contributed by atoms with E-state index in [-0.39, 0.29) is 11.8 Å². The van der Waals surface area contributed by atoms with Crippen LogP contribution < -0.4 is 5.73 Å². The van der Waals surface area contributed by atoms with Gasteiger partial charge in [0.25, 0.3) is 5.91 Å². The number of nitrogens with two attached hydrogens (primary N) is 1. The Morgan fingerprint density at radius 2 is 1.80 bits per heavy atom. The molecule has 0 spiro atoms. The molecule has 20 heavy (non-hydrogen) atoms. The van der Waals surface area contributed by atoms with E-state index >= 15 is 0 Å². The zero-order chi connectivity index (χ0) is 14.7. The van der Waals surface area contributed by atoms with Gasteiger partial charge in [0.2, 0.25) is 5.91 Å². The highest BCUT2D eigenvalue weighted by molar-refractivity contribution is 5.94. The molecule has 1 saturated heterocycles. The average molecular weight is 278 g/mol. The Morgan fingerprint density at radius 1 is 1.20 bits per heavy atom. The average Bonchev–Trinajstić information content (AvgIpc) is 2.79. The number of carbonyl (C=O) groups excluding carboxylic acids is 2. The van der Waals surface area contributed by atoms with E-state index in [2.05, 4.69) is 6.92 Å². The smallest absolute Gasteiger partial charge is 0.270 e. The first kappa shape index (κ1) is 14.4. The fraction of sp³-hybridized carbons (Fsp3) is 0.571. The summed E-state index contributed by atoms with van der Waals surface area (Å²) in [4.78, 5) is 27.4. The first-order valence-electron chi connectivity index (χ1n) is 7.03. The minimum absolute atomic E-state index is 0.00153. The number of hydrogen-bond donors (Lipinski definition) is 1. The molecule has 2 amide bonds. The molecule has 1 aromatic rings. The highest BCUT2D eigenvalue weighted by atomic mass is 16.2. The van der Waals surface area contributed by atoms with Crippen molar-refractivity contribution in [3.8, 4) is 0 Å². The number of amides is 2. The van der Waals surface area contributed by atoms with E-state index in [1.54, 1.807) is 22.8 Å². The zero-order valence-corrected chi connectivity index (χ0v) is 12.1. The van der Waals surface area contributed by atoms with Gasteiger partial charge in [0.1, 0.15) is 5.69 Å². The van der Waals surface area contributed by atoms with Crippen LogP contribution in [0.25, 0.3) is 0 Å². The SMILES string of the molecule is CCCn1cc(N)cc1C(=O)N1CCN(C(C)=O)CC1. The van der Waals surface area contributed by atoms with Gasteiger partial charge in [-0.1, -0.05) is 6.92 Å². The zero-order valence-electron chi connectivity index (χ0n) is 12.1. The minimum Gasteiger partial charge on any atom is -0.397 e. The highest BCUT2D eigenvalue weighted by Crippen LogP contribution is 2.15. The largest absolute Gasteiger partial charge is 0.397 e. The van der Waals surface area contributed by atoms with Crippen molar-refractivity contribution in [2.24, 2.45) is 0 Å². The van der Waals surface area contributed by atoms with E-state index in [0.717, 1.165) is 13.0 Å². The molecule has 0 bridgehead atoms. The summed E-state index contributed by atoms with van der Waals surface area (Å²) < 4.78 is 1.91. The van der Waals surface area contributed by atoms with Gasteiger partial charge in [-0.05, 0) is 12.5 Å².